The van der Waals surface area contributed by atoms with Crippen LogP contribution in [-0.2, 0) is 4.79 Å². The van der Waals surface area contributed by atoms with Crippen LogP contribution in [0.3, 0.4) is 0 Å². The lowest BCUT2D eigenvalue weighted by atomic mass is 9.94. The molecule has 1 aliphatic rings. The zero-order valence-corrected chi connectivity index (χ0v) is 19.9. The molecule has 1 aliphatic heterocycles. The standard InChI is InChI=1S/C24H26BrN5O2/c1-4-5-12-32-20-11-8-17(25)13-19(20)22-21(16(3)28-24-26-14-27-30(22)24)23(31)29-18-9-6-15(2)7-10-18/h6-11,13-14,22H,4-5,12H2,1-3H3,(H,29,31)(H,26,27,28). The Morgan fingerprint density at radius 2 is 2.00 bits per heavy atom. The zero-order chi connectivity index (χ0) is 22.7. The first-order valence-corrected chi connectivity index (χ1v) is 11.4. The van der Waals surface area contributed by atoms with E-state index in [0.717, 1.165) is 45.6 Å². The molecule has 8 heteroatoms. The average molecular weight is 496 g/mol. The molecule has 0 saturated heterocycles. The van der Waals surface area contributed by atoms with Gasteiger partial charge in [-0.15, -0.1) is 0 Å². The molecule has 32 heavy (non-hydrogen) atoms. The Bertz CT molecular complexity index is 1150. The van der Waals surface area contributed by atoms with Gasteiger partial charge in [-0.2, -0.15) is 10.1 Å². The maximum atomic E-state index is 13.5. The number of hydrogen-bond acceptors (Lipinski definition) is 5. The third kappa shape index (κ3) is 4.55. The van der Waals surface area contributed by atoms with Crippen molar-refractivity contribution in [2.24, 2.45) is 0 Å². The first-order chi connectivity index (χ1) is 15.5. The summed E-state index contributed by atoms with van der Waals surface area (Å²) < 4.78 is 8.74. The van der Waals surface area contributed by atoms with E-state index < -0.39 is 6.04 Å². The molecular weight excluding hydrogens is 470 g/mol. The highest BCUT2D eigenvalue weighted by Crippen LogP contribution is 2.40. The molecule has 2 heterocycles. The van der Waals surface area contributed by atoms with Crippen molar-refractivity contribution < 1.29 is 9.53 Å². The molecule has 2 N–H and O–H groups in total. The Morgan fingerprint density at radius 1 is 1.22 bits per heavy atom. The minimum Gasteiger partial charge on any atom is -0.493 e. The summed E-state index contributed by atoms with van der Waals surface area (Å²) in [5, 5.41) is 10.7. The topological polar surface area (TPSA) is 81.1 Å². The normalized spacial score (nSPS) is 15.2. The van der Waals surface area contributed by atoms with Gasteiger partial charge in [-0.25, -0.2) is 4.68 Å². The van der Waals surface area contributed by atoms with E-state index in [4.69, 9.17) is 4.74 Å². The second-order valence-corrected chi connectivity index (χ2v) is 8.71. The van der Waals surface area contributed by atoms with Crippen molar-refractivity contribution in [2.75, 3.05) is 17.2 Å². The van der Waals surface area contributed by atoms with Gasteiger partial charge in [0, 0.05) is 21.4 Å². The lowest BCUT2D eigenvalue weighted by Gasteiger charge is -2.30. The molecule has 1 unspecified atom stereocenters. The van der Waals surface area contributed by atoms with Crippen molar-refractivity contribution in [3.8, 4) is 5.75 Å². The molecule has 0 saturated carbocycles. The van der Waals surface area contributed by atoms with Gasteiger partial charge in [0.2, 0.25) is 5.95 Å². The van der Waals surface area contributed by atoms with Gasteiger partial charge in [0.05, 0.1) is 12.2 Å². The van der Waals surface area contributed by atoms with Crippen molar-refractivity contribution in [3.63, 3.8) is 0 Å². The number of halogens is 1. The Labute approximate surface area is 196 Å². The zero-order valence-electron chi connectivity index (χ0n) is 18.4. The molecule has 2 aromatic carbocycles. The molecule has 1 atom stereocenters. The SMILES string of the molecule is CCCCOc1ccc(Br)cc1C1C(C(=O)Nc2ccc(C)cc2)=C(C)Nc2ncnn21. The summed E-state index contributed by atoms with van der Waals surface area (Å²) in [6.45, 7) is 6.62. The van der Waals surface area contributed by atoms with Gasteiger partial charge in [0.1, 0.15) is 18.1 Å². The largest absolute Gasteiger partial charge is 0.493 e. The van der Waals surface area contributed by atoms with E-state index >= 15 is 0 Å². The quantitative estimate of drug-likeness (QED) is 0.425. The van der Waals surface area contributed by atoms with E-state index in [9.17, 15) is 4.79 Å². The summed E-state index contributed by atoms with van der Waals surface area (Å²) in [4.78, 5) is 17.8. The van der Waals surface area contributed by atoms with Crippen LogP contribution in [0.2, 0.25) is 0 Å². The maximum Gasteiger partial charge on any atom is 0.255 e. The number of anilines is 2. The van der Waals surface area contributed by atoms with Crippen LogP contribution in [0.5, 0.6) is 5.75 Å². The van der Waals surface area contributed by atoms with Gasteiger partial charge in [0.25, 0.3) is 5.91 Å². The van der Waals surface area contributed by atoms with Crippen molar-refractivity contribution in [1.82, 2.24) is 14.8 Å². The summed E-state index contributed by atoms with van der Waals surface area (Å²) in [6.07, 6.45) is 3.47. The number of hydrogen-bond donors (Lipinski definition) is 2. The molecule has 0 radical (unpaired) electrons. The van der Waals surface area contributed by atoms with Gasteiger partial charge in [-0.3, -0.25) is 4.79 Å². The Balaban J connectivity index is 1.77. The molecule has 0 fully saturated rings. The Morgan fingerprint density at radius 3 is 2.75 bits per heavy atom. The van der Waals surface area contributed by atoms with Crippen LogP contribution in [0.15, 0.2) is 64.5 Å². The number of aryl methyl sites for hydroxylation is 1. The molecule has 1 aromatic heterocycles. The predicted octanol–water partition coefficient (Wildman–Crippen LogP) is 5.46. The summed E-state index contributed by atoms with van der Waals surface area (Å²) in [5.74, 6) is 1.10. The fourth-order valence-corrected chi connectivity index (χ4v) is 4.08. The van der Waals surface area contributed by atoms with Crippen LogP contribution in [0.4, 0.5) is 11.6 Å². The second kappa shape index (κ2) is 9.56. The van der Waals surface area contributed by atoms with Crippen molar-refractivity contribution in [1.29, 1.82) is 0 Å². The van der Waals surface area contributed by atoms with Gasteiger partial charge >= 0.3 is 0 Å². The Hall–Kier alpha value is -3.13. The fourth-order valence-electron chi connectivity index (χ4n) is 3.70. The summed E-state index contributed by atoms with van der Waals surface area (Å²) in [7, 11) is 0. The van der Waals surface area contributed by atoms with E-state index in [0.29, 0.717) is 18.1 Å². The number of allylic oxidation sites excluding steroid dienone is 1. The van der Waals surface area contributed by atoms with Crippen LogP contribution in [0.25, 0.3) is 0 Å². The number of amides is 1. The summed E-state index contributed by atoms with van der Waals surface area (Å²) >= 11 is 3.58. The smallest absolute Gasteiger partial charge is 0.255 e. The van der Waals surface area contributed by atoms with Gasteiger partial charge < -0.3 is 15.4 Å². The number of carbonyl (C=O) groups excluding carboxylic acids is 1. The van der Waals surface area contributed by atoms with Crippen LogP contribution >= 0.6 is 15.9 Å². The van der Waals surface area contributed by atoms with Crippen molar-refractivity contribution >= 4 is 33.5 Å². The van der Waals surface area contributed by atoms with Crippen LogP contribution in [-0.4, -0.2) is 27.3 Å². The number of fused-ring (bicyclic) bond motifs is 1. The first-order valence-electron chi connectivity index (χ1n) is 10.7. The Kier molecular flexibility index (Phi) is 6.60. The molecular formula is C24H26BrN5O2. The predicted molar refractivity (Wildman–Crippen MR) is 129 cm³/mol. The lowest BCUT2D eigenvalue weighted by molar-refractivity contribution is -0.113. The fraction of sp³-hybridized carbons (Fsp3) is 0.292. The van der Waals surface area contributed by atoms with Crippen LogP contribution in [0.1, 0.15) is 43.9 Å². The van der Waals surface area contributed by atoms with Gasteiger partial charge in [0.15, 0.2) is 0 Å². The molecule has 4 rings (SSSR count). The average Bonchev–Trinajstić information content (AvgIpc) is 3.23. The number of ether oxygens (including phenoxy) is 1. The van der Waals surface area contributed by atoms with Crippen LogP contribution in [0, 0.1) is 6.92 Å². The van der Waals surface area contributed by atoms with E-state index in [2.05, 4.69) is 43.6 Å². The third-order valence-electron chi connectivity index (χ3n) is 5.37. The number of nitrogens with zero attached hydrogens (tertiary/aromatic N) is 3. The lowest BCUT2D eigenvalue weighted by Crippen LogP contribution is -2.31. The molecule has 3 aromatic rings. The molecule has 1 amide bonds. The minimum atomic E-state index is -0.492. The number of unbranched alkanes of at least 4 members (excludes halogenated alkanes) is 1. The van der Waals surface area contributed by atoms with Crippen molar-refractivity contribution in [2.45, 2.75) is 39.7 Å². The molecule has 0 aliphatic carbocycles. The molecule has 0 bridgehead atoms. The molecule has 166 valence electrons. The second-order valence-electron chi connectivity index (χ2n) is 7.80. The van der Waals surface area contributed by atoms with E-state index in [1.165, 1.54) is 6.33 Å². The minimum absolute atomic E-state index is 0.204. The number of carbonyl (C=O) groups is 1. The van der Waals surface area contributed by atoms with Crippen LogP contribution < -0.4 is 15.4 Å². The van der Waals surface area contributed by atoms with Gasteiger partial charge in [-0.1, -0.05) is 47.0 Å². The first kappa shape index (κ1) is 22.1. The van der Waals surface area contributed by atoms with E-state index in [-0.39, 0.29) is 5.91 Å². The summed E-state index contributed by atoms with van der Waals surface area (Å²) in [6, 6.07) is 13.1. The van der Waals surface area contributed by atoms with Gasteiger partial charge in [-0.05, 0) is 50.6 Å². The van der Waals surface area contributed by atoms with E-state index in [1.54, 1.807) is 4.68 Å². The number of nitrogens with one attached hydrogen (secondary N) is 2. The monoisotopic (exact) mass is 495 g/mol. The summed E-state index contributed by atoms with van der Waals surface area (Å²) in [5.41, 5.74) is 3.99. The highest BCUT2D eigenvalue weighted by Gasteiger charge is 2.35. The van der Waals surface area contributed by atoms with E-state index in [1.807, 2.05) is 56.3 Å². The van der Waals surface area contributed by atoms with Crippen molar-refractivity contribution in [3.05, 3.63) is 75.7 Å². The molecule has 0 spiro atoms. The number of benzene rings is 2. The number of aromatic nitrogens is 3. The maximum absolute atomic E-state index is 13.5. The third-order valence-corrected chi connectivity index (χ3v) is 5.86. The highest BCUT2D eigenvalue weighted by atomic mass is 79.9. The number of rotatable bonds is 7. The molecule has 7 nitrogen and oxygen atoms in total. The highest BCUT2D eigenvalue weighted by molar-refractivity contribution is 9.10.